The molecule has 1 aliphatic heterocycles. The minimum Gasteiger partial charge on any atom is -0.425 e. The number of hydrogen-bond acceptors (Lipinski definition) is 3. The largest absolute Gasteiger partial charge is 0.425 e. The normalized spacial score (nSPS) is 31.9. The van der Waals surface area contributed by atoms with E-state index in [4.69, 9.17) is 4.74 Å². The lowest BCUT2D eigenvalue weighted by Gasteiger charge is -2.45. The van der Waals surface area contributed by atoms with E-state index < -0.39 is 0 Å². The average molecular weight is 372 g/mol. The molecule has 3 heteroatoms. The lowest BCUT2D eigenvalue weighted by molar-refractivity contribution is -0.136. The number of carbonyl (C=O) groups excluding carboxylic acids is 1. The van der Waals surface area contributed by atoms with Crippen molar-refractivity contribution in [3.63, 3.8) is 0 Å². The first-order chi connectivity index (χ1) is 13.2. The number of rotatable bonds is 3. The Bertz CT molecular complexity index is 635. The molecule has 0 aromatic heterocycles. The van der Waals surface area contributed by atoms with Crippen molar-refractivity contribution in [2.75, 3.05) is 6.54 Å². The van der Waals surface area contributed by atoms with Crippen molar-refractivity contribution in [3.05, 3.63) is 29.3 Å². The van der Waals surface area contributed by atoms with Crippen molar-refractivity contribution < 1.29 is 9.53 Å². The van der Waals surface area contributed by atoms with Crippen LogP contribution in [0.4, 0.5) is 0 Å². The highest BCUT2D eigenvalue weighted by Crippen LogP contribution is 2.50. The second-order valence-corrected chi connectivity index (χ2v) is 8.34. The van der Waals surface area contributed by atoms with Gasteiger partial charge in [0, 0.05) is 0 Å². The molecule has 0 radical (unpaired) electrons. The van der Waals surface area contributed by atoms with Crippen LogP contribution in [0.25, 0.3) is 0 Å². The first-order valence-corrected chi connectivity index (χ1v) is 11.2. The lowest BCUT2D eigenvalue weighted by Crippen LogP contribution is -2.35. The van der Waals surface area contributed by atoms with Gasteiger partial charge in [-0.05, 0) is 92.0 Å². The molecule has 3 nitrogen and oxygen atoms in total. The molecular formula is C24H37NO2. The molecular weight excluding hydrogens is 334 g/mol. The lowest BCUT2D eigenvalue weighted by atomic mass is 9.60. The minimum absolute atomic E-state index is 0.120. The Hall–Kier alpha value is -1.35. The molecule has 0 amide bonds. The molecule has 1 aromatic carbocycles. The Morgan fingerprint density at radius 1 is 1.19 bits per heavy atom. The van der Waals surface area contributed by atoms with Crippen molar-refractivity contribution in [1.29, 1.82) is 0 Å². The summed E-state index contributed by atoms with van der Waals surface area (Å²) in [6, 6.07) is 6.28. The van der Waals surface area contributed by atoms with Gasteiger partial charge < -0.3 is 10.1 Å². The zero-order valence-electron chi connectivity index (χ0n) is 17.6. The third kappa shape index (κ3) is 4.23. The van der Waals surface area contributed by atoms with E-state index in [9.17, 15) is 4.79 Å². The van der Waals surface area contributed by atoms with Crippen LogP contribution in [0.5, 0.6) is 5.75 Å². The summed E-state index contributed by atoms with van der Waals surface area (Å²) in [6.45, 7) is 9.74. The smallest absolute Gasteiger partial charge is 0.328 e. The zero-order valence-corrected chi connectivity index (χ0v) is 17.6. The molecule has 1 N–H and O–H groups in total. The summed E-state index contributed by atoms with van der Waals surface area (Å²) in [5.74, 6) is 3.89. The third-order valence-electron chi connectivity index (χ3n) is 7.13. The van der Waals surface area contributed by atoms with E-state index in [1.807, 2.05) is 19.9 Å². The standard InChI is InChI=1S/C22H31NO2.C2H6/c1-3-15-6-10-20-18(14(15)2)9-7-16-13-17(8-11-19(16)20)25-22(24)21-5-4-12-23-21;1-2/h8,11,13-15,18,20-21,23H,3-7,9-10,12H2,1-2H3;1-2H3. The van der Waals surface area contributed by atoms with Gasteiger partial charge in [0.05, 0.1) is 0 Å². The second kappa shape index (κ2) is 9.23. The summed E-state index contributed by atoms with van der Waals surface area (Å²) in [5.41, 5.74) is 2.93. The number of fused-ring (bicyclic) bond motifs is 3. The molecule has 1 aromatic rings. The average Bonchev–Trinajstić information content (AvgIpc) is 3.24. The molecule has 1 heterocycles. The van der Waals surface area contributed by atoms with Crippen LogP contribution in [-0.4, -0.2) is 18.6 Å². The molecule has 5 unspecified atom stereocenters. The van der Waals surface area contributed by atoms with E-state index in [0.29, 0.717) is 5.92 Å². The summed E-state index contributed by atoms with van der Waals surface area (Å²) < 4.78 is 5.65. The SMILES string of the molecule is CC.CCC1CCC2c3ccc(OC(=O)C4CCCN4)cc3CCC2C1C. The van der Waals surface area contributed by atoms with Gasteiger partial charge in [0.15, 0.2) is 0 Å². The predicted molar refractivity (Wildman–Crippen MR) is 111 cm³/mol. The van der Waals surface area contributed by atoms with Gasteiger partial charge in [-0.25, -0.2) is 4.79 Å². The molecule has 1 saturated heterocycles. The van der Waals surface area contributed by atoms with Crippen LogP contribution in [0.15, 0.2) is 18.2 Å². The number of hydrogen-bond donors (Lipinski definition) is 1. The molecule has 1 saturated carbocycles. The first kappa shape index (κ1) is 20.4. The van der Waals surface area contributed by atoms with Gasteiger partial charge in [-0.2, -0.15) is 0 Å². The minimum atomic E-state index is -0.122. The van der Waals surface area contributed by atoms with Crippen molar-refractivity contribution in [3.8, 4) is 5.75 Å². The van der Waals surface area contributed by atoms with Crippen LogP contribution < -0.4 is 10.1 Å². The maximum Gasteiger partial charge on any atom is 0.328 e. The van der Waals surface area contributed by atoms with Gasteiger partial charge in [0.2, 0.25) is 0 Å². The van der Waals surface area contributed by atoms with Crippen LogP contribution in [0.3, 0.4) is 0 Å². The maximum atomic E-state index is 12.2. The number of aryl methyl sites for hydroxylation is 1. The predicted octanol–water partition coefficient (Wildman–Crippen LogP) is 5.47. The van der Waals surface area contributed by atoms with E-state index in [1.54, 1.807) is 0 Å². The number of benzene rings is 1. The Kier molecular flexibility index (Phi) is 6.97. The summed E-state index contributed by atoms with van der Waals surface area (Å²) in [6.07, 6.45) is 8.38. The van der Waals surface area contributed by atoms with Crippen molar-refractivity contribution >= 4 is 5.97 Å². The number of esters is 1. The topological polar surface area (TPSA) is 38.3 Å². The summed E-state index contributed by atoms with van der Waals surface area (Å²) in [5, 5.41) is 3.22. The summed E-state index contributed by atoms with van der Waals surface area (Å²) in [7, 11) is 0. The summed E-state index contributed by atoms with van der Waals surface area (Å²) >= 11 is 0. The highest BCUT2D eigenvalue weighted by molar-refractivity contribution is 5.78. The van der Waals surface area contributed by atoms with E-state index in [2.05, 4.69) is 31.3 Å². The number of ether oxygens (including phenoxy) is 1. The maximum absolute atomic E-state index is 12.2. The van der Waals surface area contributed by atoms with Crippen molar-refractivity contribution in [1.82, 2.24) is 5.32 Å². The Labute approximate surface area is 165 Å². The van der Waals surface area contributed by atoms with Gasteiger partial charge >= 0.3 is 5.97 Å². The highest BCUT2D eigenvalue weighted by atomic mass is 16.5. The van der Waals surface area contributed by atoms with Gasteiger partial charge in [0.25, 0.3) is 0 Å². The first-order valence-electron chi connectivity index (χ1n) is 11.2. The number of carbonyl (C=O) groups is 1. The monoisotopic (exact) mass is 371 g/mol. The Morgan fingerprint density at radius 3 is 2.70 bits per heavy atom. The summed E-state index contributed by atoms with van der Waals surface area (Å²) in [4.78, 5) is 12.2. The second-order valence-electron chi connectivity index (χ2n) is 8.34. The van der Waals surface area contributed by atoms with Gasteiger partial charge in [-0.1, -0.05) is 40.2 Å². The molecule has 2 aliphatic carbocycles. The Balaban J connectivity index is 0.00000102. The van der Waals surface area contributed by atoms with E-state index in [-0.39, 0.29) is 12.0 Å². The van der Waals surface area contributed by atoms with E-state index >= 15 is 0 Å². The number of nitrogens with one attached hydrogen (secondary N) is 1. The molecule has 0 bridgehead atoms. The van der Waals surface area contributed by atoms with E-state index in [1.165, 1.54) is 36.8 Å². The molecule has 4 rings (SSSR count). The fraction of sp³-hybridized carbons (Fsp3) is 0.708. The molecule has 150 valence electrons. The van der Waals surface area contributed by atoms with Gasteiger partial charge in [0.1, 0.15) is 11.8 Å². The van der Waals surface area contributed by atoms with Gasteiger partial charge in [-0.15, -0.1) is 0 Å². The van der Waals surface area contributed by atoms with Crippen LogP contribution in [-0.2, 0) is 11.2 Å². The molecule has 0 spiro atoms. The van der Waals surface area contributed by atoms with Crippen LogP contribution in [0, 0.1) is 17.8 Å². The van der Waals surface area contributed by atoms with Crippen molar-refractivity contribution in [2.45, 2.75) is 84.6 Å². The highest BCUT2D eigenvalue weighted by Gasteiger charge is 2.39. The quantitative estimate of drug-likeness (QED) is 0.565. The van der Waals surface area contributed by atoms with Crippen LogP contribution in [0.1, 0.15) is 83.3 Å². The molecule has 3 aliphatic rings. The third-order valence-corrected chi connectivity index (χ3v) is 7.13. The zero-order chi connectivity index (χ0) is 19.4. The fourth-order valence-corrected chi connectivity index (χ4v) is 5.63. The molecule has 5 atom stereocenters. The molecule has 27 heavy (non-hydrogen) atoms. The fourth-order valence-electron chi connectivity index (χ4n) is 5.63. The van der Waals surface area contributed by atoms with Crippen LogP contribution >= 0.6 is 0 Å². The molecule has 2 fully saturated rings. The van der Waals surface area contributed by atoms with E-state index in [0.717, 1.165) is 49.3 Å². The van der Waals surface area contributed by atoms with Gasteiger partial charge in [-0.3, -0.25) is 0 Å². The van der Waals surface area contributed by atoms with Crippen LogP contribution in [0.2, 0.25) is 0 Å². The Morgan fingerprint density at radius 2 is 2.00 bits per heavy atom. The van der Waals surface area contributed by atoms with Crippen molar-refractivity contribution in [2.24, 2.45) is 17.8 Å².